The molecule has 0 saturated heterocycles. The molecule has 0 atom stereocenters. The summed E-state index contributed by atoms with van der Waals surface area (Å²) < 4.78 is 5.14. The highest BCUT2D eigenvalue weighted by Gasteiger charge is 2.09. The van der Waals surface area contributed by atoms with Crippen LogP contribution in [0.2, 0.25) is 0 Å². The zero-order chi connectivity index (χ0) is 21.2. The van der Waals surface area contributed by atoms with Crippen molar-refractivity contribution in [1.82, 2.24) is 10.2 Å². The number of rotatable bonds is 18. The van der Waals surface area contributed by atoms with Crippen LogP contribution >= 0.6 is 0 Å². The quantitative estimate of drug-likeness (QED) is 0.357. The molecule has 0 heterocycles. The zero-order valence-corrected chi connectivity index (χ0v) is 17.9. The molecule has 0 radical (unpaired) electrons. The summed E-state index contributed by atoms with van der Waals surface area (Å²) in [6, 6.07) is 0. The van der Waals surface area contributed by atoms with Crippen molar-refractivity contribution >= 4 is 23.4 Å². The average molecular weight is 399 g/mol. The van der Waals surface area contributed by atoms with Gasteiger partial charge in [0.2, 0.25) is 5.91 Å². The van der Waals surface area contributed by atoms with Crippen LogP contribution in [0.5, 0.6) is 0 Å². The van der Waals surface area contributed by atoms with Crippen molar-refractivity contribution in [1.29, 1.82) is 0 Å². The number of likely N-dealkylation sites (N-methyl/N-ethyl adjacent to an activating group) is 1. The summed E-state index contributed by atoms with van der Waals surface area (Å²) in [5, 5.41) is 2.65. The second-order valence-corrected chi connectivity index (χ2v) is 7.19. The normalized spacial score (nSPS) is 10.7. The molecule has 0 spiro atoms. The predicted molar refractivity (Wildman–Crippen MR) is 109 cm³/mol. The van der Waals surface area contributed by atoms with Crippen molar-refractivity contribution in [2.75, 3.05) is 33.3 Å². The van der Waals surface area contributed by atoms with Gasteiger partial charge in [-0.3, -0.25) is 19.2 Å². The van der Waals surface area contributed by atoms with Crippen molar-refractivity contribution in [2.24, 2.45) is 0 Å². The van der Waals surface area contributed by atoms with Gasteiger partial charge in [-0.1, -0.05) is 26.7 Å². The van der Waals surface area contributed by atoms with E-state index in [1.165, 1.54) is 0 Å². The molecule has 7 nitrogen and oxygen atoms in total. The average Bonchev–Trinajstić information content (AvgIpc) is 2.67. The molecule has 162 valence electrons. The van der Waals surface area contributed by atoms with Crippen LogP contribution in [0.3, 0.4) is 0 Å². The fraction of sp³-hybridized carbons (Fsp3) is 0.810. The Hall–Kier alpha value is -1.76. The number of carbonyl (C=O) groups excluding carboxylic acids is 4. The Balaban J connectivity index is 3.67. The fourth-order valence-electron chi connectivity index (χ4n) is 2.50. The number of esters is 1. The van der Waals surface area contributed by atoms with E-state index in [-0.39, 0.29) is 49.4 Å². The van der Waals surface area contributed by atoms with Gasteiger partial charge >= 0.3 is 5.97 Å². The Labute approximate surface area is 169 Å². The fourth-order valence-corrected chi connectivity index (χ4v) is 2.50. The van der Waals surface area contributed by atoms with E-state index in [4.69, 9.17) is 4.74 Å². The van der Waals surface area contributed by atoms with Gasteiger partial charge in [-0.05, 0) is 32.9 Å². The Kier molecular flexibility index (Phi) is 16.3. The Morgan fingerprint density at radius 1 is 0.786 bits per heavy atom. The summed E-state index contributed by atoms with van der Waals surface area (Å²) in [4.78, 5) is 48.4. The van der Waals surface area contributed by atoms with Crippen LogP contribution in [0.25, 0.3) is 0 Å². The molecule has 28 heavy (non-hydrogen) atoms. The highest BCUT2D eigenvalue weighted by atomic mass is 16.5. The number of ketones is 2. The lowest BCUT2D eigenvalue weighted by atomic mass is 10.1. The summed E-state index contributed by atoms with van der Waals surface area (Å²) in [5.74, 6) is -0.270. The highest BCUT2D eigenvalue weighted by Crippen LogP contribution is 2.02. The van der Waals surface area contributed by atoms with Gasteiger partial charge in [0.05, 0.1) is 13.0 Å². The lowest BCUT2D eigenvalue weighted by molar-refractivity contribution is -0.145. The molecule has 0 unspecified atom stereocenters. The van der Waals surface area contributed by atoms with Crippen LogP contribution in [0.4, 0.5) is 0 Å². The lowest BCUT2D eigenvalue weighted by Crippen LogP contribution is -2.30. The van der Waals surface area contributed by atoms with E-state index < -0.39 is 0 Å². The summed E-state index contributed by atoms with van der Waals surface area (Å²) in [6.07, 6.45) is 6.15. The minimum Gasteiger partial charge on any atom is -0.464 e. The van der Waals surface area contributed by atoms with E-state index in [1.807, 2.05) is 25.8 Å². The maximum Gasteiger partial charge on any atom is 0.306 e. The molecule has 0 aliphatic rings. The number of nitrogens with zero attached hydrogens (tertiary/aromatic N) is 1. The third kappa shape index (κ3) is 16.4. The van der Waals surface area contributed by atoms with E-state index >= 15 is 0 Å². The van der Waals surface area contributed by atoms with Gasteiger partial charge in [-0.2, -0.15) is 0 Å². The van der Waals surface area contributed by atoms with Crippen LogP contribution in [0.15, 0.2) is 0 Å². The van der Waals surface area contributed by atoms with Gasteiger partial charge in [0.1, 0.15) is 12.4 Å². The summed E-state index contributed by atoms with van der Waals surface area (Å²) in [5.41, 5.74) is 0. The number of hydrogen-bond acceptors (Lipinski definition) is 6. The number of carbonyl (C=O) groups is 4. The number of Topliss-reactive ketones (excluding diaryl/α,β-unsaturated/α-hetero) is 2. The minimum atomic E-state index is -0.341. The maximum atomic E-state index is 11.8. The zero-order valence-electron chi connectivity index (χ0n) is 17.9. The number of unbranched alkanes of at least 4 members (excludes halogenated alkanes) is 2. The van der Waals surface area contributed by atoms with Crippen LogP contribution in [0.1, 0.15) is 78.1 Å². The van der Waals surface area contributed by atoms with Crippen LogP contribution in [-0.2, 0) is 23.9 Å². The molecule has 0 aromatic heterocycles. The molecule has 0 aromatic rings. The van der Waals surface area contributed by atoms with Crippen molar-refractivity contribution in [3.8, 4) is 0 Å². The molecule has 7 heteroatoms. The van der Waals surface area contributed by atoms with Gasteiger partial charge in [-0.25, -0.2) is 0 Å². The molecule has 0 aliphatic carbocycles. The highest BCUT2D eigenvalue weighted by molar-refractivity contribution is 5.86. The van der Waals surface area contributed by atoms with E-state index in [1.54, 1.807) is 0 Å². The largest absolute Gasteiger partial charge is 0.464 e. The Morgan fingerprint density at radius 3 is 2.11 bits per heavy atom. The molecule has 0 aliphatic heterocycles. The van der Waals surface area contributed by atoms with Gasteiger partial charge < -0.3 is 15.0 Å². The van der Waals surface area contributed by atoms with E-state index in [0.29, 0.717) is 38.8 Å². The first kappa shape index (κ1) is 26.2. The topological polar surface area (TPSA) is 92.8 Å². The van der Waals surface area contributed by atoms with Gasteiger partial charge in [0.15, 0.2) is 5.78 Å². The van der Waals surface area contributed by atoms with E-state index in [9.17, 15) is 19.2 Å². The summed E-state index contributed by atoms with van der Waals surface area (Å²) in [7, 11) is 1.90. The third-order valence-corrected chi connectivity index (χ3v) is 4.39. The minimum absolute atomic E-state index is 0.0254. The molecule has 0 bridgehead atoms. The van der Waals surface area contributed by atoms with Crippen molar-refractivity contribution in [2.45, 2.75) is 78.1 Å². The van der Waals surface area contributed by atoms with Crippen LogP contribution < -0.4 is 5.32 Å². The summed E-state index contributed by atoms with van der Waals surface area (Å²) >= 11 is 0. The smallest absolute Gasteiger partial charge is 0.306 e. The SMILES string of the molecule is CCCCC(=O)CCC(=O)OCCN(C)CCCC(=O)CNC(=O)CCCC. The number of ether oxygens (including phenoxy) is 1. The molecule has 0 fully saturated rings. The second kappa shape index (κ2) is 17.3. The molecular weight excluding hydrogens is 360 g/mol. The van der Waals surface area contributed by atoms with Crippen molar-refractivity contribution in [3.63, 3.8) is 0 Å². The predicted octanol–water partition coefficient (Wildman–Crippen LogP) is 2.66. The summed E-state index contributed by atoms with van der Waals surface area (Å²) in [6.45, 7) is 5.71. The second-order valence-electron chi connectivity index (χ2n) is 7.19. The molecule has 0 rings (SSSR count). The van der Waals surface area contributed by atoms with Crippen molar-refractivity contribution < 1.29 is 23.9 Å². The maximum absolute atomic E-state index is 11.8. The lowest BCUT2D eigenvalue weighted by Gasteiger charge is -2.16. The first-order valence-corrected chi connectivity index (χ1v) is 10.5. The van der Waals surface area contributed by atoms with Crippen LogP contribution in [0, 0.1) is 0 Å². The molecule has 0 aromatic carbocycles. The standard InChI is InChI=1S/C21H38N2O5/c1-4-6-9-18(24)12-13-21(27)28-16-15-23(3)14-8-10-19(25)17-22-20(26)11-7-5-2/h4-17H2,1-3H3,(H,22,26). The van der Waals surface area contributed by atoms with Gasteiger partial charge in [-0.15, -0.1) is 0 Å². The molecular formula is C21H38N2O5. The number of amides is 1. The number of hydrogen-bond donors (Lipinski definition) is 1. The first-order valence-electron chi connectivity index (χ1n) is 10.5. The van der Waals surface area contributed by atoms with E-state index in [2.05, 4.69) is 5.32 Å². The Morgan fingerprint density at radius 2 is 1.43 bits per heavy atom. The third-order valence-electron chi connectivity index (χ3n) is 4.39. The number of nitrogens with one attached hydrogen (secondary N) is 1. The monoisotopic (exact) mass is 398 g/mol. The van der Waals surface area contributed by atoms with Gasteiger partial charge in [0, 0.05) is 32.2 Å². The molecule has 1 amide bonds. The van der Waals surface area contributed by atoms with E-state index in [0.717, 1.165) is 25.7 Å². The first-order chi connectivity index (χ1) is 13.4. The Bertz CT molecular complexity index is 437. The van der Waals surface area contributed by atoms with Crippen LogP contribution in [-0.4, -0.2) is 61.6 Å². The molecule has 1 N–H and O–H groups in total. The van der Waals surface area contributed by atoms with Crippen molar-refractivity contribution in [3.05, 3.63) is 0 Å². The molecule has 0 saturated carbocycles. The van der Waals surface area contributed by atoms with Gasteiger partial charge in [0.25, 0.3) is 0 Å².